The van der Waals surface area contributed by atoms with Crippen molar-refractivity contribution in [3.63, 3.8) is 0 Å². The number of phenols is 1. The molecule has 3 aromatic carbocycles. The molecule has 2 N–H and O–H groups in total. The molecular weight excluding hydrogens is 634 g/mol. The molecule has 0 unspecified atom stereocenters. The Labute approximate surface area is 291 Å². The number of nitrogens with zero attached hydrogens (tertiary/aromatic N) is 5. The molecule has 3 amide bonds. The average Bonchev–Trinajstić information content (AvgIpc) is 3.43. The van der Waals surface area contributed by atoms with Crippen LogP contribution in [-0.4, -0.2) is 99.9 Å². The molecule has 50 heavy (non-hydrogen) atoms. The zero-order chi connectivity index (χ0) is 35.1. The number of hydrogen-bond acceptors (Lipinski definition) is 6. The lowest BCUT2D eigenvalue weighted by molar-refractivity contribution is 0.0193. The molecule has 4 heterocycles. The minimum atomic E-state index is -0.982. The summed E-state index contributed by atoms with van der Waals surface area (Å²) in [6.07, 6.45) is 0.279. The van der Waals surface area contributed by atoms with Gasteiger partial charge in [0.2, 0.25) is 0 Å². The summed E-state index contributed by atoms with van der Waals surface area (Å²) in [5.74, 6) is -0.208. The van der Waals surface area contributed by atoms with Crippen LogP contribution in [0.15, 0.2) is 66.7 Å². The largest absolute Gasteiger partial charge is 0.508 e. The molecule has 1 atom stereocenters. The highest BCUT2D eigenvalue weighted by Gasteiger charge is 2.35. The van der Waals surface area contributed by atoms with Gasteiger partial charge in [-0.2, -0.15) is 0 Å². The second kappa shape index (κ2) is 13.6. The molecule has 1 aromatic heterocycles. The fourth-order valence-electron chi connectivity index (χ4n) is 7.53. The fraction of sp³-hybridized carbons (Fsp3) is 0.359. The minimum Gasteiger partial charge on any atom is -0.508 e. The normalized spacial score (nSPS) is 17.6. The van der Waals surface area contributed by atoms with Crippen molar-refractivity contribution in [1.82, 2.24) is 19.3 Å². The van der Waals surface area contributed by atoms with Gasteiger partial charge >= 0.3 is 6.09 Å². The van der Waals surface area contributed by atoms with Crippen LogP contribution in [0.25, 0.3) is 11.3 Å². The lowest BCUT2D eigenvalue weighted by Crippen LogP contribution is -2.52. The Hall–Kier alpha value is -5.13. The molecule has 0 bridgehead atoms. The summed E-state index contributed by atoms with van der Waals surface area (Å²) >= 11 is 0. The van der Waals surface area contributed by atoms with Crippen molar-refractivity contribution in [2.75, 3.05) is 51.3 Å². The molecular formula is C39H43N5O6. The molecule has 0 spiro atoms. The van der Waals surface area contributed by atoms with Crippen LogP contribution in [0.1, 0.15) is 48.7 Å². The fourth-order valence-corrected chi connectivity index (χ4v) is 7.53. The number of morpholine rings is 1. The van der Waals surface area contributed by atoms with E-state index >= 15 is 4.79 Å². The van der Waals surface area contributed by atoms with Crippen molar-refractivity contribution in [2.45, 2.75) is 38.9 Å². The number of benzene rings is 3. The number of carbonyl (C=O) groups excluding carboxylic acids is 2. The Morgan fingerprint density at radius 2 is 1.60 bits per heavy atom. The van der Waals surface area contributed by atoms with E-state index in [0.717, 1.165) is 59.7 Å². The minimum absolute atomic E-state index is 0.0684. The van der Waals surface area contributed by atoms with Crippen LogP contribution < -0.4 is 4.90 Å². The van der Waals surface area contributed by atoms with Gasteiger partial charge < -0.3 is 34.2 Å². The van der Waals surface area contributed by atoms with E-state index in [1.807, 2.05) is 53.8 Å². The van der Waals surface area contributed by atoms with Gasteiger partial charge in [0.15, 0.2) is 0 Å². The van der Waals surface area contributed by atoms with Crippen molar-refractivity contribution in [3.05, 3.63) is 106 Å². The van der Waals surface area contributed by atoms with Crippen LogP contribution in [0.4, 0.5) is 10.5 Å². The molecule has 260 valence electrons. The van der Waals surface area contributed by atoms with Crippen LogP contribution in [0.3, 0.4) is 0 Å². The maximum Gasteiger partial charge on any atom is 0.407 e. The highest BCUT2D eigenvalue weighted by molar-refractivity contribution is 6.08. The van der Waals surface area contributed by atoms with E-state index in [9.17, 15) is 19.8 Å². The summed E-state index contributed by atoms with van der Waals surface area (Å²) < 4.78 is 7.57. The van der Waals surface area contributed by atoms with E-state index in [-0.39, 0.29) is 30.2 Å². The number of aromatic nitrogens is 1. The maximum absolute atomic E-state index is 15.1. The van der Waals surface area contributed by atoms with Crippen LogP contribution in [0, 0.1) is 6.92 Å². The van der Waals surface area contributed by atoms with Gasteiger partial charge in [-0.1, -0.05) is 24.3 Å². The van der Waals surface area contributed by atoms with Crippen LogP contribution in [0.5, 0.6) is 5.75 Å². The van der Waals surface area contributed by atoms with Gasteiger partial charge in [-0.3, -0.25) is 14.5 Å². The molecule has 3 aliphatic rings. The van der Waals surface area contributed by atoms with E-state index < -0.39 is 6.09 Å². The first kappa shape index (κ1) is 33.4. The Bertz CT molecular complexity index is 1950. The van der Waals surface area contributed by atoms with Gasteiger partial charge in [0, 0.05) is 87.6 Å². The predicted molar refractivity (Wildman–Crippen MR) is 190 cm³/mol. The van der Waals surface area contributed by atoms with Gasteiger partial charge in [-0.25, -0.2) is 4.79 Å². The number of carbonyl (C=O) groups is 3. The van der Waals surface area contributed by atoms with Crippen LogP contribution >= 0.6 is 0 Å². The molecule has 0 saturated carbocycles. The van der Waals surface area contributed by atoms with Gasteiger partial charge in [0.05, 0.1) is 18.8 Å². The maximum atomic E-state index is 15.1. The summed E-state index contributed by atoms with van der Waals surface area (Å²) in [4.78, 5) is 48.2. The van der Waals surface area contributed by atoms with Crippen molar-refractivity contribution in [1.29, 1.82) is 0 Å². The molecule has 1 saturated heterocycles. The summed E-state index contributed by atoms with van der Waals surface area (Å²) in [6, 6.07) is 20.5. The van der Waals surface area contributed by atoms with Gasteiger partial charge in [-0.15, -0.1) is 0 Å². The highest BCUT2D eigenvalue weighted by atomic mass is 16.5. The third-order valence-electron chi connectivity index (χ3n) is 10.6. The number of ether oxygens (including phenoxy) is 1. The Kier molecular flexibility index (Phi) is 9.11. The standard InChI is InChI=1S/C39H43N5O6/c1-25-33(37(46)41(3)30-8-10-32(45)11-9-30)21-36(40(25)2)34-19-27-12-13-43(39(48)49)22-29(27)20-35(34)38(47)44-23-28-7-5-4-6-26(28)18-31(44)24-42-14-16-50-17-15-42/h4-11,19-21,31,45H,12-18,22-24H2,1-3H3,(H,48,49)/t31-/m0/s1. The number of aromatic hydroxyl groups is 1. The molecule has 11 heteroatoms. The average molecular weight is 678 g/mol. The number of rotatable bonds is 6. The molecule has 1 fully saturated rings. The van der Waals surface area contributed by atoms with Gasteiger partial charge in [0.1, 0.15) is 5.75 Å². The smallest absolute Gasteiger partial charge is 0.407 e. The lowest BCUT2D eigenvalue weighted by Gasteiger charge is -2.41. The predicted octanol–water partition coefficient (Wildman–Crippen LogP) is 4.92. The van der Waals surface area contributed by atoms with E-state index in [4.69, 9.17) is 4.74 Å². The van der Waals surface area contributed by atoms with E-state index in [2.05, 4.69) is 17.0 Å². The second-order valence-corrected chi connectivity index (χ2v) is 13.6. The summed E-state index contributed by atoms with van der Waals surface area (Å²) in [5.41, 5.74) is 8.03. The Balaban J connectivity index is 1.31. The zero-order valence-electron chi connectivity index (χ0n) is 28.8. The first-order chi connectivity index (χ1) is 24.1. The van der Waals surface area contributed by atoms with Crippen molar-refractivity contribution >= 4 is 23.6 Å². The summed E-state index contributed by atoms with van der Waals surface area (Å²) in [6.45, 7) is 6.62. The van der Waals surface area contributed by atoms with Crippen LogP contribution in [-0.2, 0) is 37.7 Å². The number of hydrogen-bond donors (Lipinski definition) is 2. The first-order valence-corrected chi connectivity index (χ1v) is 17.1. The molecule has 4 aromatic rings. The topological polar surface area (TPSA) is 119 Å². The van der Waals surface area contributed by atoms with Crippen molar-refractivity contribution < 1.29 is 29.3 Å². The van der Waals surface area contributed by atoms with E-state index in [0.29, 0.717) is 49.5 Å². The first-order valence-electron chi connectivity index (χ1n) is 17.1. The lowest BCUT2D eigenvalue weighted by atomic mass is 9.89. The van der Waals surface area contributed by atoms with Crippen molar-refractivity contribution in [3.8, 4) is 17.0 Å². The van der Waals surface area contributed by atoms with Gasteiger partial charge in [0.25, 0.3) is 11.8 Å². The molecule has 0 aliphatic carbocycles. The van der Waals surface area contributed by atoms with E-state index in [1.54, 1.807) is 36.2 Å². The van der Waals surface area contributed by atoms with Crippen LogP contribution in [0.2, 0.25) is 0 Å². The van der Waals surface area contributed by atoms with E-state index in [1.165, 1.54) is 10.5 Å². The quantitative estimate of drug-likeness (QED) is 0.298. The monoisotopic (exact) mass is 677 g/mol. The van der Waals surface area contributed by atoms with Gasteiger partial charge in [-0.05, 0) is 84.5 Å². The molecule has 0 radical (unpaired) electrons. The summed E-state index contributed by atoms with van der Waals surface area (Å²) in [5, 5.41) is 19.6. The Morgan fingerprint density at radius 1 is 0.880 bits per heavy atom. The number of carboxylic acid groups (broad SMARTS) is 1. The number of amides is 3. The highest BCUT2D eigenvalue weighted by Crippen LogP contribution is 2.36. The summed E-state index contributed by atoms with van der Waals surface area (Å²) in [7, 11) is 3.60. The SMILES string of the molecule is Cc1c(C(=O)N(C)c2ccc(O)cc2)cc(-c2cc3c(cc2C(=O)N2Cc4ccccc4C[C@H]2CN2CCOCC2)CN(C(=O)O)CC3)n1C. The third kappa shape index (κ3) is 6.34. The zero-order valence-corrected chi connectivity index (χ0v) is 28.8. The molecule has 11 nitrogen and oxygen atoms in total. The number of anilines is 1. The third-order valence-corrected chi connectivity index (χ3v) is 10.6. The Morgan fingerprint density at radius 3 is 2.32 bits per heavy atom. The number of fused-ring (bicyclic) bond motifs is 2. The number of phenolic OH excluding ortho intramolecular Hbond substituents is 1. The second-order valence-electron chi connectivity index (χ2n) is 13.6. The van der Waals surface area contributed by atoms with Crippen molar-refractivity contribution in [2.24, 2.45) is 7.05 Å². The molecule has 3 aliphatic heterocycles. The molecule has 7 rings (SSSR count).